The maximum absolute atomic E-state index is 3.73. The number of nitrogens with zero attached hydrogens (tertiary/aromatic N) is 1. The molecule has 1 atom stereocenters. The first-order chi connectivity index (χ1) is 9.97. The second-order valence-corrected chi connectivity index (χ2v) is 8.30. The van der Waals surface area contributed by atoms with Crippen molar-refractivity contribution >= 4 is 11.8 Å². The molecule has 118 valence electrons. The highest BCUT2D eigenvalue weighted by atomic mass is 32.2. The van der Waals surface area contributed by atoms with Crippen LogP contribution in [0.25, 0.3) is 0 Å². The highest BCUT2D eigenvalue weighted by Crippen LogP contribution is 2.23. The van der Waals surface area contributed by atoms with E-state index in [4.69, 9.17) is 0 Å². The van der Waals surface area contributed by atoms with Crippen LogP contribution in [0.15, 0.2) is 35.2 Å². The van der Waals surface area contributed by atoms with Gasteiger partial charge < -0.3 is 5.32 Å². The molecule has 0 spiro atoms. The highest BCUT2D eigenvalue weighted by Gasteiger charge is 2.33. The molecule has 0 amide bonds. The van der Waals surface area contributed by atoms with Gasteiger partial charge in [-0.15, -0.1) is 11.8 Å². The summed E-state index contributed by atoms with van der Waals surface area (Å²) >= 11 is 1.97. The topological polar surface area (TPSA) is 15.3 Å². The molecule has 0 aliphatic carbocycles. The Labute approximate surface area is 134 Å². The molecule has 1 unspecified atom stereocenters. The van der Waals surface area contributed by atoms with Gasteiger partial charge in [0.1, 0.15) is 0 Å². The first-order valence-electron chi connectivity index (χ1n) is 8.13. The van der Waals surface area contributed by atoms with Gasteiger partial charge in [-0.1, -0.05) is 32.0 Å². The second kappa shape index (κ2) is 7.66. The van der Waals surface area contributed by atoms with Gasteiger partial charge in [-0.2, -0.15) is 0 Å². The predicted octanol–water partition coefficient (Wildman–Crippen LogP) is 3.88. The fourth-order valence-corrected chi connectivity index (χ4v) is 3.89. The third-order valence-corrected chi connectivity index (χ3v) is 5.24. The van der Waals surface area contributed by atoms with E-state index in [1.54, 1.807) is 0 Å². The van der Waals surface area contributed by atoms with Gasteiger partial charge >= 0.3 is 0 Å². The molecule has 1 aliphatic heterocycles. The molecule has 21 heavy (non-hydrogen) atoms. The Balaban J connectivity index is 1.83. The van der Waals surface area contributed by atoms with Crippen LogP contribution in [-0.2, 0) is 0 Å². The number of piperazine rings is 1. The molecular weight excluding hydrogens is 276 g/mol. The minimum atomic E-state index is 0.269. The van der Waals surface area contributed by atoms with Gasteiger partial charge in [0.2, 0.25) is 0 Å². The monoisotopic (exact) mass is 306 g/mol. The summed E-state index contributed by atoms with van der Waals surface area (Å²) in [6.45, 7) is 12.8. The number of thioether (sulfide) groups is 1. The fraction of sp³-hybridized carbons (Fsp3) is 0.667. The van der Waals surface area contributed by atoms with Crippen molar-refractivity contribution in [1.82, 2.24) is 10.2 Å². The van der Waals surface area contributed by atoms with E-state index in [1.807, 2.05) is 11.8 Å². The largest absolute Gasteiger partial charge is 0.311 e. The van der Waals surface area contributed by atoms with E-state index in [-0.39, 0.29) is 5.54 Å². The lowest BCUT2D eigenvalue weighted by atomic mass is 9.94. The van der Waals surface area contributed by atoms with Gasteiger partial charge in [0.25, 0.3) is 0 Å². The van der Waals surface area contributed by atoms with Crippen LogP contribution >= 0.6 is 11.8 Å². The fourth-order valence-electron chi connectivity index (χ4n) is 2.99. The van der Waals surface area contributed by atoms with E-state index in [2.05, 4.69) is 68.2 Å². The number of rotatable bonds is 6. The molecule has 1 aromatic rings. The van der Waals surface area contributed by atoms with Crippen molar-refractivity contribution in [1.29, 1.82) is 0 Å². The summed E-state index contributed by atoms with van der Waals surface area (Å²) in [7, 11) is 0. The summed E-state index contributed by atoms with van der Waals surface area (Å²) < 4.78 is 0. The van der Waals surface area contributed by atoms with Crippen LogP contribution in [0.2, 0.25) is 0 Å². The normalized spacial score (nSPS) is 22.6. The van der Waals surface area contributed by atoms with E-state index >= 15 is 0 Å². The third kappa shape index (κ3) is 5.32. The maximum atomic E-state index is 3.73. The minimum absolute atomic E-state index is 0.269. The minimum Gasteiger partial charge on any atom is -0.311 e. The second-order valence-electron chi connectivity index (χ2n) is 7.13. The Morgan fingerprint density at radius 1 is 1.29 bits per heavy atom. The lowest BCUT2D eigenvalue weighted by Gasteiger charge is -2.46. The van der Waals surface area contributed by atoms with Gasteiger partial charge in [0, 0.05) is 41.9 Å². The summed E-state index contributed by atoms with van der Waals surface area (Å²) in [5, 5.41) is 3.73. The summed E-state index contributed by atoms with van der Waals surface area (Å²) in [5.74, 6) is 1.94. The lowest BCUT2D eigenvalue weighted by Crippen LogP contribution is -2.62. The molecule has 1 fully saturated rings. The molecule has 1 N–H and O–H groups in total. The summed E-state index contributed by atoms with van der Waals surface area (Å²) in [6, 6.07) is 11.4. The molecule has 2 nitrogen and oxygen atoms in total. The van der Waals surface area contributed by atoms with E-state index in [0.717, 1.165) is 12.5 Å². The van der Waals surface area contributed by atoms with Gasteiger partial charge in [0.15, 0.2) is 0 Å². The Kier molecular flexibility index (Phi) is 6.15. The molecular formula is C18H30N2S. The summed E-state index contributed by atoms with van der Waals surface area (Å²) in [5.41, 5.74) is 0.269. The van der Waals surface area contributed by atoms with Gasteiger partial charge in [-0.25, -0.2) is 0 Å². The van der Waals surface area contributed by atoms with Crippen molar-refractivity contribution in [3.63, 3.8) is 0 Å². The van der Waals surface area contributed by atoms with Crippen LogP contribution in [0.1, 0.15) is 34.1 Å². The van der Waals surface area contributed by atoms with Crippen LogP contribution in [0.5, 0.6) is 0 Å². The van der Waals surface area contributed by atoms with Crippen molar-refractivity contribution < 1.29 is 0 Å². The molecule has 1 aromatic carbocycles. The van der Waals surface area contributed by atoms with Gasteiger partial charge in [-0.3, -0.25) is 4.90 Å². The van der Waals surface area contributed by atoms with E-state index in [9.17, 15) is 0 Å². The predicted molar refractivity (Wildman–Crippen MR) is 94.1 cm³/mol. The molecule has 1 heterocycles. The zero-order valence-corrected chi connectivity index (χ0v) is 14.7. The van der Waals surface area contributed by atoms with Crippen LogP contribution in [-0.4, -0.2) is 41.9 Å². The Bertz CT molecular complexity index is 416. The zero-order chi connectivity index (χ0) is 15.3. The molecule has 0 bridgehead atoms. The smallest absolute Gasteiger partial charge is 0.0278 e. The SMILES string of the molecule is CC(C)CC1CN(CCSc2ccccc2)C(C)(C)CN1. The van der Waals surface area contributed by atoms with Crippen LogP contribution in [0.3, 0.4) is 0 Å². The standard InChI is InChI=1S/C18H30N2S/c1-15(2)12-16-13-20(18(3,4)14-19-16)10-11-21-17-8-6-5-7-9-17/h5-9,15-16,19H,10-14H2,1-4H3. The molecule has 1 aliphatic rings. The van der Waals surface area contributed by atoms with E-state index < -0.39 is 0 Å². The Hall–Kier alpha value is -0.510. The van der Waals surface area contributed by atoms with E-state index in [0.29, 0.717) is 6.04 Å². The summed E-state index contributed by atoms with van der Waals surface area (Å²) in [6.07, 6.45) is 1.28. The quantitative estimate of drug-likeness (QED) is 0.803. The van der Waals surface area contributed by atoms with Gasteiger partial charge in [-0.05, 0) is 38.3 Å². The Morgan fingerprint density at radius 2 is 2.00 bits per heavy atom. The highest BCUT2D eigenvalue weighted by molar-refractivity contribution is 7.99. The number of nitrogens with one attached hydrogen (secondary N) is 1. The van der Waals surface area contributed by atoms with Crippen LogP contribution in [0.4, 0.5) is 0 Å². The first kappa shape index (κ1) is 16.9. The number of benzene rings is 1. The zero-order valence-electron chi connectivity index (χ0n) is 13.9. The molecule has 1 saturated heterocycles. The van der Waals surface area contributed by atoms with Crippen LogP contribution in [0, 0.1) is 5.92 Å². The van der Waals surface area contributed by atoms with Crippen molar-refractivity contribution in [3.8, 4) is 0 Å². The van der Waals surface area contributed by atoms with Crippen LogP contribution < -0.4 is 5.32 Å². The Morgan fingerprint density at radius 3 is 2.67 bits per heavy atom. The molecule has 0 radical (unpaired) electrons. The average Bonchev–Trinajstić information content (AvgIpc) is 2.43. The molecule has 0 aromatic heterocycles. The van der Waals surface area contributed by atoms with Crippen molar-refractivity contribution in [3.05, 3.63) is 30.3 Å². The third-order valence-electron chi connectivity index (χ3n) is 4.25. The van der Waals surface area contributed by atoms with Crippen molar-refractivity contribution in [2.24, 2.45) is 5.92 Å². The molecule has 0 saturated carbocycles. The van der Waals surface area contributed by atoms with E-state index in [1.165, 1.54) is 30.2 Å². The summed E-state index contributed by atoms with van der Waals surface area (Å²) in [4.78, 5) is 4.05. The average molecular weight is 307 g/mol. The number of hydrogen-bond donors (Lipinski definition) is 1. The lowest BCUT2D eigenvalue weighted by molar-refractivity contribution is 0.0675. The van der Waals surface area contributed by atoms with Crippen molar-refractivity contribution in [2.75, 3.05) is 25.4 Å². The maximum Gasteiger partial charge on any atom is 0.0278 e. The molecule has 3 heteroatoms. The van der Waals surface area contributed by atoms with Crippen molar-refractivity contribution in [2.45, 2.75) is 50.6 Å². The first-order valence-corrected chi connectivity index (χ1v) is 9.12. The number of hydrogen-bond acceptors (Lipinski definition) is 3. The molecule has 2 rings (SSSR count). The van der Waals surface area contributed by atoms with Gasteiger partial charge in [0.05, 0.1) is 0 Å².